The number of rotatable bonds is 5. The molecule has 1 atom stereocenters. The molecule has 1 heterocycles. The van der Waals surface area contributed by atoms with Crippen molar-refractivity contribution >= 4 is 12.0 Å². The highest BCUT2D eigenvalue weighted by atomic mass is 16.5. The van der Waals surface area contributed by atoms with E-state index in [9.17, 15) is 9.59 Å². The van der Waals surface area contributed by atoms with E-state index in [1.54, 1.807) is 4.90 Å². The Morgan fingerprint density at radius 2 is 1.88 bits per heavy atom. The smallest absolute Gasteiger partial charge is 0.407 e. The average Bonchev–Trinajstić information content (AvgIpc) is 2.60. The quantitative estimate of drug-likeness (QED) is 0.862. The first-order valence-corrected chi connectivity index (χ1v) is 8.49. The summed E-state index contributed by atoms with van der Waals surface area (Å²) in [6.45, 7) is 5.37. The Hall–Kier alpha value is -2.08. The molecule has 2 amide bonds. The van der Waals surface area contributed by atoms with Gasteiger partial charge >= 0.3 is 6.09 Å². The van der Waals surface area contributed by atoms with Crippen LogP contribution in [0.1, 0.15) is 32.3 Å². The maximum absolute atomic E-state index is 12.2. The Kier molecular flexibility index (Phi) is 6.61. The van der Waals surface area contributed by atoms with E-state index >= 15 is 0 Å². The largest absolute Gasteiger partial charge is 0.445 e. The number of alkyl carbamates (subject to hydrolysis) is 1. The second kappa shape index (κ2) is 8.68. The highest BCUT2D eigenvalue weighted by molar-refractivity contribution is 5.82. The third-order valence-electron chi connectivity index (χ3n) is 4.34. The Morgan fingerprint density at radius 1 is 1.25 bits per heavy atom. The Balaban J connectivity index is 1.71. The zero-order valence-corrected chi connectivity index (χ0v) is 14.4. The minimum Gasteiger partial charge on any atom is -0.445 e. The van der Waals surface area contributed by atoms with Gasteiger partial charge in [-0.1, -0.05) is 44.2 Å². The summed E-state index contributed by atoms with van der Waals surface area (Å²) in [6.07, 6.45) is 1.02. The lowest BCUT2D eigenvalue weighted by atomic mass is 10.0. The fraction of sp³-hybridized carbons (Fsp3) is 0.556. The molecule has 1 aromatic rings. The van der Waals surface area contributed by atoms with Gasteiger partial charge in [-0.2, -0.15) is 0 Å². The van der Waals surface area contributed by atoms with Gasteiger partial charge in [0.15, 0.2) is 0 Å². The predicted molar refractivity (Wildman–Crippen MR) is 92.2 cm³/mol. The van der Waals surface area contributed by atoms with Crippen molar-refractivity contribution in [3.63, 3.8) is 0 Å². The van der Waals surface area contributed by atoms with E-state index in [4.69, 9.17) is 10.5 Å². The lowest BCUT2D eigenvalue weighted by Crippen LogP contribution is -2.52. The molecule has 0 radical (unpaired) electrons. The van der Waals surface area contributed by atoms with Crippen molar-refractivity contribution in [3.8, 4) is 0 Å². The number of amides is 2. The lowest BCUT2D eigenvalue weighted by molar-refractivity contribution is -0.134. The van der Waals surface area contributed by atoms with Crippen LogP contribution in [0.2, 0.25) is 0 Å². The summed E-state index contributed by atoms with van der Waals surface area (Å²) in [6, 6.07) is 9.14. The number of carbonyl (C=O) groups excluding carboxylic acids is 2. The van der Waals surface area contributed by atoms with Crippen molar-refractivity contribution in [3.05, 3.63) is 35.9 Å². The molecular formula is C18H27N3O3. The molecule has 1 aliphatic rings. The first kappa shape index (κ1) is 18.3. The average molecular weight is 333 g/mol. The minimum atomic E-state index is -0.453. The molecule has 0 saturated carbocycles. The van der Waals surface area contributed by atoms with E-state index in [1.165, 1.54) is 0 Å². The Labute approximate surface area is 143 Å². The fourth-order valence-electron chi connectivity index (χ4n) is 2.67. The van der Waals surface area contributed by atoms with Crippen LogP contribution in [-0.4, -0.2) is 42.1 Å². The summed E-state index contributed by atoms with van der Waals surface area (Å²) in [7, 11) is 0. The number of carbonyl (C=O) groups is 2. The van der Waals surface area contributed by atoms with Crippen molar-refractivity contribution in [1.82, 2.24) is 10.2 Å². The van der Waals surface area contributed by atoms with Gasteiger partial charge in [0.2, 0.25) is 5.91 Å². The number of ether oxygens (including phenoxy) is 1. The minimum absolute atomic E-state index is 0.00453. The number of hydrogen-bond donors (Lipinski definition) is 2. The van der Waals surface area contributed by atoms with Gasteiger partial charge in [0.05, 0.1) is 6.04 Å². The molecule has 0 spiro atoms. The van der Waals surface area contributed by atoms with Gasteiger partial charge in [0.1, 0.15) is 6.61 Å². The lowest BCUT2D eigenvalue weighted by Gasteiger charge is -2.34. The zero-order valence-electron chi connectivity index (χ0n) is 14.4. The number of likely N-dealkylation sites (tertiary alicyclic amines) is 1. The highest BCUT2D eigenvalue weighted by Gasteiger charge is 2.28. The number of benzene rings is 1. The van der Waals surface area contributed by atoms with Crippen molar-refractivity contribution in [2.45, 2.75) is 45.4 Å². The standard InChI is InChI=1S/C18H27N3O3/c1-13(2)16(19)17(22)21-10-8-15(9-11-21)20-18(23)24-12-14-6-4-3-5-7-14/h3-7,13,15-16H,8-12,19H2,1-2H3,(H,20,23). The summed E-state index contributed by atoms with van der Waals surface area (Å²) in [4.78, 5) is 25.9. The number of nitrogens with two attached hydrogens (primary N) is 1. The molecule has 24 heavy (non-hydrogen) atoms. The first-order chi connectivity index (χ1) is 11.5. The summed E-state index contributed by atoms with van der Waals surface area (Å²) in [5.74, 6) is 0.122. The van der Waals surface area contributed by atoms with Crippen molar-refractivity contribution in [2.24, 2.45) is 11.7 Å². The third kappa shape index (κ3) is 5.23. The van der Waals surface area contributed by atoms with Gasteiger partial charge in [-0.15, -0.1) is 0 Å². The van der Waals surface area contributed by atoms with Gasteiger partial charge < -0.3 is 20.7 Å². The molecule has 1 unspecified atom stereocenters. The van der Waals surface area contributed by atoms with Crippen LogP contribution in [0.4, 0.5) is 4.79 Å². The highest BCUT2D eigenvalue weighted by Crippen LogP contribution is 2.13. The fourth-order valence-corrected chi connectivity index (χ4v) is 2.67. The molecule has 2 rings (SSSR count). The number of nitrogens with zero attached hydrogens (tertiary/aromatic N) is 1. The van der Waals surface area contributed by atoms with E-state index in [-0.39, 0.29) is 24.5 Å². The van der Waals surface area contributed by atoms with Crippen molar-refractivity contribution in [1.29, 1.82) is 0 Å². The van der Waals surface area contributed by atoms with E-state index in [1.807, 2.05) is 44.2 Å². The molecule has 0 aromatic heterocycles. The van der Waals surface area contributed by atoms with Gasteiger partial charge in [0.25, 0.3) is 0 Å². The molecule has 3 N–H and O–H groups in total. The molecule has 132 valence electrons. The van der Waals surface area contributed by atoms with E-state index < -0.39 is 12.1 Å². The summed E-state index contributed by atoms with van der Waals surface area (Å²) < 4.78 is 5.22. The van der Waals surface area contributed by atoms with Crippen molar-refractivity contribution < 1.29 is 14.3 Å². The maximum Gasteiger partial charge on any atom is 0.407 e. The summed E-state index contributed by atoms with van der Waals surface area (Å²) in [5, 5.41) is 2.87. The van der Waals surface area contributed by atoms with Gasteiger partial charge in [-0.3, -0.25) is 4.79 Å². The summed E-state index contributed by atoms with van der Waals surface area (Å²) in [5.41, 5.74) is 6.87. The number of piperidine rings is 1. The van der Waals surface area contributed by atoms with Crippen LogP contribution in [0, 0.1) is 5.92 Å². The second-order valence-electron chi connectivity index (χ2n) is 6.58. The third-order valence-corrected chi connectivity index (χ3v) is 4.34. The summed E-state index contributed by atoms with van der Waals surface area (Å²) >= 11 is 0. The Morgan fingerprint density at radius 3 is 2.46 bits per heavy atom. The molecule has 6 heteroatoms. The van der Waals surface area contributed by atoms with Crippen LogP contribution in [0.5, 0.6) is 0 Å². The molecule has 1 saturated heterocycles. The van der Waals surface area contributed by atoms with Crippen LogP contribution in [0.3, 0.4) is 0 Å². The molecule has 1 fully saturated rings. The van der Waals surface area contributed by atoms with E-state index in [0.29, 0.717) is 13.1 Å². The normalized spacial score (nSPS) is 16.8. The van der Waals surface area contributed by atoms with Crippen LogP contribution in [0.15, 0.2) is 30.3 Å². The van der Waals surface area contributed by atoms with Gasteiger partial charge in [-0.25, -0.2) is 4.79 Å². The van der Waals surface area contributed by atoms with Crippen LogP contribution in [-0.2, 0) is 16.1 Å². The molecule has 1 aromatic carbocycles. The van der Waals surface area contributed by atoms with Crippen LogP contribution >= 0.6 is 0 Å². The topological polar surface area (TPSA) is 84.7 Å². The van der Waals surface area contributed by atoms with Crippen molar-refractivity contribution in [2.75, 3.05) is 13.1 Å². The van der Waals surface area contributed by atoms with Gasteiger partial charge in [0, 0.05) is 19.1 Å². The SMILES string of the molecule is CC(C)C(N)C(=O)N1CCC(NC(=O)OCc2ccccc2)CC1. The molecule has 0 aliphatic carbocycles. The zero-order chi connectivity index (χ0) is 17.5. The number of hydrogen-bond acceptors (Lipinski definition) is 4. The van der Waals surface area contributed by atoms with E-state index in [2.05, 4.69) is 5.32 Å². The first-order valence-electron chi connectivity index (χ1n) is 8.49. The van der Waals surface area contributed by atoms with E-state index in [0.717, 1.165) is 18.4 Å². The molecule has 1 aliphatic heterocycles. The molecule has 0 bridgehead atoms. The van der Waals surface area contributed by atoms with Gasteiger partial charge in [-0.05, 0) is 24.3 Å². The van der Waals surface area contributed by atoms with Crippen LogP contribution in [0.25, 0.3) is 0 Å². The van der Waals surface area contributed by atoms with Crippen LogP contribution < -0.4 is 11.1 Å². The molecular weight excluding hydrogens is 306 g/mol. The monoisotopic (exact) mass is 333 g/mol. The predicted octanol–water partition coefficient (Wildman–Crippen LogP) is 1.89. The second-order valence-corrected chi connectivity index (χ2v) is 6.58. The maximum atomic E-state index is 12.2. The molecule has 6 nitrogen and oxygen atoms in total. The Bertz CT molecular complexity index is 540. The number of nitrogens with one attached hydrogen (secondary N) is 1.